The van der Waals surface area contributed by atoms with Gasteiger partial charge in [0.15, 0.2) is 0 Å². The lowest BCUT2D eigenvalue weighted by Gasteiger charge is -1.99. The average molecular weight is 152 g/mol. The lowest BCUT2D eigenvalue weighted by atomic mass is 10.2. The van der Waals surface area contributed by atoms with E-state index in [-0.39, 0.29) is 6.17 Å². The van der Waals surface area contributed by atoms with Gasteiger partial charge in [0.1, 0.15) is 6.17 Å². The summed E-state index contributed by atoms with van der Waals surface area (Å²) >= 11 is 0. The van der Waals surface area contributed by atoms with Crippen molar-refractivity contribution in [1.29, 1.82) is 0 Å². The molecule has 1 aliphatic heterocycles. The zero-order valence-electron chi connectivity index (χ0n) is 7.09. The fourth-order valence-electron chi connectivity index (χ4n) is 1.06. The van der Waals surface area contributed by atoms with Gasteiger partial charge >= 0.3 is 0 Å². The Balaban J connectivity index is 2.08. The van der Waals surface area contributed by atoms with Gasteiger partial charge in [-0.05, 0) is 12.5 Å². The van der Waals surface area contributed by atoms with E-state index in [9.17, 15) is 0 Å². The van der Waals surface area contributed by atoms with E-state index in [0.717, 1.165) is 6.54 Å². The molecule has 0 aromatic carbocycles. The van der Waals surface area contributed by atoms with Crippen molar-refractivity contribution in [3.63, 3.8) is 0 Å². The molecule has 1 rings (SSSR count). The summed E-state index contributed by atoms with van der Waals surface area (Å²) in [5.74, 6) is 0. The number of hydrogen-bond acceptors (Lipinski definition) is 2. The molecule has 0 spiro atoms. The molecule has 0 saturated carbocycles. The molecule has 0 saturated heterocycles. The topological polar surface area (TPSA) is 24.4 Å². The molecule has 62 valence electrons. The Labute approximate surface area is 68.4 Å². The number of rotatable bonds is 4. The average Bonchev–Trinajstić information content (AvgIpc) is 2.50. The van der Waals surface area contributed by atoms with E-state index in [1.807, 2.05) is 6.21 Å². The summed E-state index contributed by atoms with van der Waals surface area (Å²) < 4.78 is 0. The molecule has 11 heavy (non-hydrogen) atoms. The van der Waals surface area contributed by atoms with E-state index in [1.54, 1.807) is 0 Å². The van der Waals surface area contributed by atoms with Crippen molar-refractivity contribution in [2.75, 3.05) is 6.54 Å². The first kappa shape index (κ1) is 8.47. The highest BCUT2D eigenvalue weighted by Crippen LogP contribution is 1.98. The van der Waals surface area contributed by atoms with Crippen molar-refractivity contribution in [3.05, 3.63) is 12.2 Å². The van der Waals surface area contributed by atoms with Crippen LogP contribution in [-0.4, -0.2) is 18.9 Å². The fraction of sp³-hybridized carbons (Fsp3) is 0.667. The number of allylic oxidation sites excluding steroid dienone is 1. The minimum Gasteiger partial charge on any atom is -0.287 e. The third kappa shape index (κ3) is 3.33. The van der Waals surface area contributed by atoms with E-state index >= 15 is 0 Å². The maximum Gasteiger partial charge on any atom is 0.118 e. The summed E-state index contributed by atoms with van der Waals surface area (Å²) in [7, 11) is 0. The quantitative estimate of drug-likeness (QED) is 0.481. The summed E-state index contributed by atoms with van der Waals surface area (Å²) in [6, 6.07) is 0. The van der Waals surface area contributed by atoms with Crippen LogP contribution in [0.3, 0.4) is 0 Å². The van der Waals surface area contributed by atoms with Crippen LogP contribution in [0.25, 0.3) is 0 Å². The van der Waals surface area contributed by atoms with Gasteiger partial charge in [0.25, 0.3) is 0 Å². The summed E-state index contributed by atoms with van der Waals surface area (Å²) in [5, 5.41) is 3.22. The summed E-state index contributed by atoms with van der Waals surface area (Å²) in [5.41, 5.74) is 0. The van der Waals surface area contributed by atoms with Crippen LogP contribution in [0.5, 0.6) is 0 Å². The molecule has 2 heteroatoms. The lowest BCUT2D eigenvalue weighted by molar-refractivity contribution is 0.712. The fourth-order valence-corrected chi connectivity index (χ4v) is 1.06. The van der Waals surface area contributed by atoms with Crippen molar-refractivity contribution in [1.82, 2.24) is 5.32 Å². The Morgan fingerprint density at radius 1 is 1.73 bits per heavy atom. The summed E-state index contributed by atoms with van der Waals surface area (Å²) in [4.78, 5) is 4.21. The predicted molar refractivity (Wildman–Crippen MR) is 48.9 cm³/mol. The Morgan fingerprint density at radius 2 is 2.64 bits per heavy atom. The number of nitrogens with zero attached hydrogens (tertiary/aromatic N) is 1. The molecule has 1 heterocycles. The van der Waals surface area contributed by atoms with Gasteiger partial charge in [-0.3, -0.25) is 10.3 Å². The second-order valence-corrected chi connectivity index (χ2v) is 2.76. The second kappa shape index (κ2) is 5.08. The van der Waals surface area contributed by atoms with Crippen LogP contribution in [-0.2, 0) is 0 Å². The molecule has 1 atom stereocenters. The molecule has 0 aliphatic carbocycles. The van der Waals surface area contributed by atoms with Crippen LogP contribution in [0.1, 0.15) is 26.2 Å². The first-order valence-corrected chi connectivity index (χ1v) is 4.35. The van der Waals surface area contributed by atoms with Crippen LogP contribution >= 0.6 is 0 Å². The monoisotopic (exact) mass is 152 g/mol. The Bertz CT molecular complexity index is 150. The Kier molecular flexibility index (Phi) is 3.91. The molecule has 1 unspecified atom stereocenters. The van der Waals surface area contributed by atoms with E-state index in [0.29, 0.717) is 0 Å². The van der Waals surface area contributed by atoms with Crippen LogP contribution in [0.4, 0.5) is 0 Å². The lowest BCUT2D eigenvalue weighted by Crippen LogP contribution is -2.19. The van der Waals surface area contributed by atoms with E-state index in [2.05, 4.69) is 29.4 Å². The SMILES string of the molecule is CCCC/C=C/C1N=CCN1. The third-order valence-electron chi connectivity index (χ3n) is 1.73. The van der Waals surface area contributed by atoms with Gasteiger partial charge in [0.05, 0.1) is 0 Å². The molecular formula is C9H16N2. The van der Waals surface area contributed by atoms with Crippen LogP contribution in [0.2, 0.25) is 0 Å². The largest absolute Gasteiger partial charge is 0.287 e. The van der Waals surface area contributed by atoms with Gasteiger partial charge in [0, 0.05) is 12.8 Å². The van der Waals surface area contributed by atoms with Gasteiger partial charge in [-0.1, -0.05) is 25.8 Å². The smallest absolute Gasteiger partial charge is 0.118 e. The van der Waals surface area contributed by atoms with Gasteiger partial charge < -0.3 is 0 Å². The highest BCUT2D eigenvalue weighted by molar-refractivity contribution is 5.62. The highest BCUT2D eigenvalue weighted by atomic mass is 15.1. The highest BCUT2D eigenvalue weighted by Gasteiger charge is 2.02. The van der Waals surface area contributed by atoms with E-state index in [4.69, 9.17) is 0 Å². The normalized spacial score (nSPS) is 23.5. The molecule has 2 nitrogen and oxygen atoms in total. The van der Waals surface area contributed by atoms with E-state index in [1.165, 1.54) is 19.3 Å². The minimum absolute atomic E-state index is 0.256. The zero-order chi connectivity index (χ0) is 7.94. The predicted octanol–water partition coefficient (Wildman–Crippen LogP) is 1.73. The minimum atomic E-state index is 0.256. The van der Waals surface area contributed by atoms with E-state index < -0.39 is 0 Å². The molecule has 0 aromatic heterocycles. The maximum absolute atomic E-state index is 4.21. The van der Waals surface area contributed by atoms with Gasteiger partial charge in [0.2, 0.25) is 0 Å². The summed E-state index contributed by atoms with van der Waals surface area (Å²) in [6.07, 6.45) is 10.3. The summed E-state index contributed by atoms with van der Waals surface area (Å²) in [6.45, 7) is 3.13. The van der Waals surface area contributed by atoms with Crippen molar-refractivity contribution >= 4 is 6.21 Å². The molecular weight excluding hydrogens is 136 g/mol. The van der Waals surface area contributed by atoms with Gasteiger partial charge in [-0.2, -0.15) is 0 Å². The zero-order valence-corrected chi connectivity index (χ0v) is 7.09. The molecule has 0 bridgehead atoms. The Hall–Kier alpha value is -0.630. The van der Waals surface area contributed by atoms with Crippen molar-refractivity contribution in [2.45, 2.75) is 32.4 Å². The van der Waals surface area contributed by atoms with Gasteiger partial charge in [-0.25, -0.2) is 0 Å². The molecule has 0 fully saturated rings. The number of hydrogen-bond donors (Lipinski definition) is 1. The first-order valence-electron chi connectivity index (χ1n) is 4.35. The van der Waals surface area contributed by atoms with Crippen LogP contribution < -0.4 is 5.32 Å². The van der Waals surface area contributed by atoms with Crippen molar-refractivity contribution in [3.8, 4) is 0 Å². The third-order valence-corrected chi connectivity index (χ3v) is 1.73. The molecule has 1 aliphatic rings. The number of nitrogens with one attached hydrogen (secondary N) is 1. The molecule has 0 aromatic rings. The van der Waals surface area contributed by atoms with Crippen molar-refractivity contribution in [2.24, 2.45) is 4.99 Å². The molecule has 1 N–H and O–H groups in total. The second-order valence-electron chi connectivity index (χ2n) is 2.76. The maximum atomic E-state index is 4.21. The standard InChI is InChI=1S/C9H16N2/c1-2-3-4-5-6-9-10-7-8-11-9/h5-7,9,11H,2-4,8H2,1H3/b6-5+. The van der Waals surface area contributed by atoms with Crippen molar-refractivity contribution < 1.29 is 0 Å². The first-order chi connectivity index (χ1) is 5.43. The number of aliphatic imine (C=N–C) groups is 1. The van der Waals surface area contributed by atoms with Gasteiger partial charge in [-0.15, -0.1) is 0 Å². The Morgan fingerprint density at radius 3 is 3.27 bits per heavy atom. The number of unbranched alkanes of at least 4 members (excludes halogenated alkanes) is 2. The van der Waals surface area contributed by atoms with Crippen LogP contribution in [0.15, 0.2) is 17.1 Å². The molecule has 0 radical (unpaired) electrons. The molecule has 0 amide bonds. The van der Waals surface area contributed by atoms with Crippen LogP contribution in [0, 0.1) is 0 Å².